The lowest BCUT2D eigenvalue weighted by atomic mass is 9.99. The van der Waals surface area contributed by atoms with E-state index >= 15 is 0 Å². The predicted octanol–water partition coefficient (Wildman–Crippen LogP) is 2.24. The number of amides is 3. The number of nitrogens with zero attached hydrogens (tertiary/aromatic N) is 3. The van der Waals surface area contributed by atoms with Gasteiger partial charge in [0, 0.05) is 44.5 Å². The number of hydrogen-bond acceptors (Lipinski definition) is 4. The first-order chi connectivity index (χ1) is 14.9. The molecule has 3 N–H and O–H groups in total. The molecule has 8 nitrogen and oxygen atoms in total. The van der Waals surface area contributed by atoms with Crippen LogP contribution in [0.2, 0.25) is 0 Å². The van der Waals surface area contributed by atoms with Crippen LogP contribution < -0.4 is 20.9 Å². The molecule has 0 aliphatic carbocycles. The zero-order valence-corrected chi connectivity index (χ0v) is 19.2. The molecule has 0 spiro atoms. The summed E-state index contributed by atoms with van der Waals surface area (Å²) >= 11 is 0. The second-order valence-electron chi connectivity index (χ2n) is 8.60. The summed E-state index contributed by atoms with van der Waals surface area (Å²) < 4.78 is 0. The fourth-order valence-corrected chi connectivity index (χ4v) is 3.99. The number of guanidine groups is 1. The maximum absolute atomic E-state index is 12.5. The first-order valence-corrected chi connectivity index (χ1v) is 11.4. The molecule has 2 heterocycles. The molecule has 170 valence electrons. The van der Waals surface area contributed by atoms with E-state index in [0.717, 1.165) is 32.0 Å². The molecule has 2 aliphatic rings. The molecule has 3 rings (SSSR count). The predicted molar refractivity (Wildman–Crippen MR) is 124 cm³/mol. The first kappa shape index (κ1) is 22.9. The van der Waals surface area contributed by atoms with Crippen LogP contribution in [0.25, 0.3) is 0 Å². The minimum Gasteiger partial charge on any atom is -0.369 e. The average molecular weight is 429 g/mol. The number of imide groups is 1. The lowest BCUT2D eigenvalue weighted by Crippen LogP contribution is -2.44. The van der Waals surface area contributed by atoms with E-state index in [0.29, 0.717) is 32.0 Å². The maximum Gasteiger partial charge on any atom is 0.325 e. The summed E-state index contributed by atoms with van der Waals surface area (Å²) in [7, 11) is 0. The molecular formula is C23H36N6O2. The molecule has 1 aromatic carbocycles. The summed E-state index contributed by atoms with van der Waals surface area (Å²) in [6, 6.07) is 8.68. The van der Waals surface area contributed by atoms with E-state index in [4.69, 9.17) is 0 Å². The summed E-state index contributed by atoms with van der Waals surface area (Å²) in [5.41, 5.74) is 1.75. The number of rotatable bonds is 8. The Bertz CT molecular complexity index is 809. The lowest BCUT2D eigenvalue weighted by Gasteiger charge is -2.21. The van der Waals surface area contributed by atoms with Crippen LogP contribution in [0.5, 0.6) is 0 Å². The van der Waals surface area contributed by atoms with Gasteiger partial charge in [-0.1, -0.05) is 24.6 Å². The van der Waals surface area contributed by atoms with E-state index in [1.807, 2.05) is 13.8 Å². The Balaban J connectivity index is 1.49. The zero-order valence-electron chi connectivity index (χ0n) is 19.2. The Labute approximate surface area is 185 Å². The highest BCUT2D eigenvalue weighted by atomic mass is 16.2. The number of aryl methyl sites for hydroxylation is 1. The highest BCUT2D eigenvalue weighted by molar-refractivity contribution is 6.06. The van der Waals surface area contributed by atoms with E-state index in [1.54, 1.807) is 6.92 Å². The van der Waals surface area contributed by atoms with Crippen molar-refractivity contribution < 1.29 is 9.59 Å². The molecule has 2 saturated heterocycles. The topological polar surface area (TPSA) is 89.1 Å². The van der Waals surface area contributed by atoms with Crippen LogP contribution in [-0.2, 0) is 4.79 Å². The SMILES string of the molecule is CCNC(=NCCCN1C(=O)NC(C)(CC)C1=O)NC1CCN(c2ccc(C)cc2)C1. The Kier molecular flexibility index (Phi) is 7.41. The number of nitrogens with one attached hydrogen (secondary N) is 3. The number of hydrogen-bond donors (Lipinski definition) is 3. The molecule has 2 atom stereocenters. The van der Waals surface area contributed by atoms with Gasteiger partial charge in [-0.25, -0.2) is 4.79 Å². The van der Waals surface area contributed by atoms with E-state index < -0.39 is 5.54 Å². The molecular weight excluding hydrogens is 392 g/mol. The number of anilines is 1. The van der Waals surface area contributed by atoms with Crippen molar-refractivity contribution in [3.05, 3.63) is 29.8 Å². The fraction of sp³-hybridized carbons (Fsp3) is 0.609. The number of urea groups is 1. The van der Waals surface area contributed by atoms with Crippen molar-refractivity contribution in [2.24, 2.45) is 4.99 Å². The summed E-state index contributed by atoms with van der Waals surface area (Å²) in [4.78, 5) is 33.0. The van der Waals surface area contributed by atoms with Crippen molar-refractivity contribution >= 4 is 23.6 Å². The van der Waals surface area contributed by atoms with E-state index in [-0.39, 0.29) is 11.9 Å². The zero-order chi connectivity index (χ0) is 22.4. The molecule has 0 aromatic heterocycles. The minimum atomic E-state index is -0.775. The minimum absolute atomic E-state index is 0.142. The molecule has 2 unspecified atom stereocenters. The quantitative estimate of drug-likeness (QED) is 0.256. The van der Waals surface area contributed by atoms with Crippen molar-refractivity contribution in [2.45, 2.75) is 58.5 Å². The van der Waals surface area contributed by atoms with Gasteiger partial charge in [-0.05, 0) is 52.2 Å². The number of carbonyl (C=O) groups is 2. The summed E-state index contributed by atoms with van der Waals surface area (Å²) in [6.45, 7) is 11.5. The maximum atomic E-state index is 12.5. The van der Waals surface area contributed by atoms with Gasteiger partial charge in [0.25, 0.3) is 5.91 Å². The van der Waals surface area contributed by atoms with Crippen LogP contribution in [0.4, 0.5) is 10.5 Å². The van der Waals surface area contributed by atoms with Gasteiger partial charge in [-0.3, -0.25) is 14.7 Å². The van der Waals surface area contributed by atoms with Crippen molar-refractivity contribution in [3.8, 4) is 0 Å². The average Bonchev–Trinajstić information content (AvgIpc) is 3.29. The van der Waals surface area contributed by atoms with Crippen molar-refractivity contribution in [1.82, 2.24) is 20.9 Å². The highest BCUT2D eigenvalue weighted by Crippen LogP contribution is 2.21. The second-order valence-corrected chi connectivity index (χ2v) is 8.60. The monoisotopic (exact) mass is 428 g/mol. The highest BCUT2D eigenvalue weighted by Gasteiger charge is 2.45. The van der Waals surface area contributed by atoms with Crippen LogP contribution in [0.15, 0.2) is 29.3 Å². The molecule has 3 amide bonds. The van der Waals surface area contributed by atoms with Gasteiger partial charge in [0.1, 0.15) is 5.54 Å². The summed E-state index contributed by atoms with van der Waals surface area (Å²) in [5.74, 6) is 0.644. The fourth-order valence-electron chi connectivity index (χ4n) is 3.99. The number of carbonyl (C=O) groups excluding carboxylic acids is 2. The van der Waals surface area contributed by atoms with Gasteiger partial charge in [0.2, 0.25) is 0 Å². The van der Waals surface area contributed by atoms with Crippen LogP contribution in [-0.4, -0.2) is 67.1 Å². The number of aliphatic imine (C=N–C) groups is 1. The molecule has 0 bridgehead atoms. The second kappa shape index (κ2) is 10.0. The van der Waals surface area contributed by atoms with Crippen LogP contribution in [0, 0.1) is 6.92 Å². The van der Waals surface area contributed by atoms with Crippen LogP contribution in [0.1, 0.15) is 45.6 Å². The normalized spacial score (nSPS) is 24.0. The van der Waals surface area contributed by atoms with E-state index in [2.05, 4.69) is 57.0 Å². The Morgan fingerprint density at radius 3 is 2.65 bits per heavy atom. The van der Waals surface area contributed by atoms with Crippen molar-refractivity contribution in [1.29, 1.82) is 0 Å². The standard InChI is InChI=1S/C23H36N6O2/c1-5-23(4)20(30)29(22(31)27-23)14-7-13-25-21(24-6-2)26-18-12-15-28(16-18)19-10-8-17(3)9-11-19/h8-11,18H,5-7,12-16H2,1-4H3,(H,27,31)(H2,24,25,26). The Morgan fingerprint density at radius 2 is 2.00 bits per heavy atom. The van der Waals surface area contributed by atoms with Crippen molar-refractivity contribution in [2.75, 3.05) is 37.6 Å². The molecule has 2 aliphatic heterocycles. The van der Waals surface area contributed by atoms with Crippen LogP contribution in [0.3, 0.4) is 0 Å². The summed E-state index contributed by atoms with van der Waals surface area (Å²) in [6.07, 6.45) is 2.27. The van der Waals surface area contributed by atoms with E-state index in [1.165, 1.54) is 16.2 Å². The Morgan fingerprint density at radius 1 is 1.26 bits per heavy atom. The van der Waals surface area contributed by atoms with Crippen molar-refractivity contribution in [3.63, 3.8) is 0 Å². The number of benzene rings is 1. The largest absolute Gasteiger partial charge is 0.369 e. The van der Waals surface area contributed by atoms with Crippen LogP contribution >= 0.6 is 0 Å². The summed E-state index contributed by atoms with van der Waals surface area (Å²) in [5, 5.41) is 9.62. The molecule has 0 saturated carbocycles. The molecule has 2 fully saturated rings. The van der Waals surface area contributed by atoms with Gasteiger partial charge in [0.05, 0.1) is 0 Å². The van der Waals surface area contributed by atoms with Gasteiger partial charge in [-0.2, -0.15) is 0 Å². The van der Waals surface area contributed by atoms with Gasteiger partial charge in [-0.15, -0.1) is 0 Å². The third kappa shape index (κ3) is 5.48. The Hall–Kier alpha value is -2.77. The third-order valence-electron chi connectivity index (χ3n) is 6.13. The molecule has 0 radical (unpaired) electrons. The molecule has 8 heteroatoms. The van der Waals surface area contributed by atoms with Gasteiger partial charge < -0.3 is 20.9 Å². The first-order valence-electron chi connectivity index (χ1n) is 11.4. The van der Waals surface area contributed by atoms with Gasteiger partial charge >= 0.3 is 6.03 Å². The molecule has 31 heavy (non-hydrogen) atoms. The lowest BCUT2D eigenvalue weighted by molar-refractivity contribution is -0.130. The molecule has 1 aromatic rings. The van der Waals surface area contributed by atoms with E-state index in [9.17, 15) is 9.59 Å². The third-order valence-corrected chi connectivity index (χ3v) is 6.13. The van der Waals surface area contributed by atoms with Gasteiger partial charge in [0.15, 0.2) is 5.96 Å². The smallest absolute Gasteiger partial charge is 0.325 e.